The molecule has 2 aliphatic heterocycles. The van der Waals surface area contributed by atoms with Gasteiger partial charge in [-0.05, 0) is 77.6 Å². The third-order valence-electron chi connectivity index (χ3n) is 8.04. The Bertz CT molecular complexity index is 1290. The molecule has 1 fully saturated rings. The van der Waals surface area contributed by atoms with E-state index >= 15 is 0 Å². The van der Waals surface area contributed by atoms with Crippen molar-refractivity contribution in [2.75, 3.05) is 26.2 Å². The molecule has 1 unspecified atom stereocenters. The largest absolute Gasteiger partial charge is 0.444 e. The molecule has 3 heterocycles. The first-order chi connectivity index (χ1) is 21.5. The molecule has 0 saturated carbocycles. The van der Waals surface area contributed by atoms with Crippen LogP contribution in [0.15, 0.2) is 42.6 Å². The van der Waals surface area contributed by atoms with Gasteiger partial charge in [-0.25, -0.2) is 9.78 Å². The van der Waals surface area contributed by atoms with Crippen LogP contribution in [0.1, 0.15) is 101 Å². The number of rotatable bonds is 12. The molecule has 4 rings (SSSR count). The molecule has 0 spiro atoms. The molecule has 1 saturated heterocycles. The van der Waals surface area contributed by atoms with Crippen LogP contribution in [0.2, 0.25) is 5.02 Å². The SMILES string of the molecule is CC(=O)c1cnc2n1CCN(C(=O)/C=C/C1CCCN1CCCCCCCNC(=O)OC(C)(C)C)C2.CCc1ccccc1Cl. The summed E-state index contributed by atoms with van der Waals surface area (Å²) in [6.45, 7) is 13.7. The van der Waals surface area contributed by atoms with E-state index in [0.29, 0.717) is 37.9 Å². The van der Waals surface area contributed by atoms with Crippen LogP contribution >= 0.6 is 11.6 Å². The van der Waals surface area contributed by atoms with E-state index in [1.807, 2.05) is 49.6 Å². The molecule has 248 valence electrons. The number of amides is 2. The maximum absolute atomic E-state index is 12.8. The summed E-state index contributed by atoms with van der Waals surface area (Å²) in [6, 6.07) is 8.23. The third-order valence-corrected chi connectivity index (χ3v) is 8.41. The van der Waals surface area contributed by atoms with Crippen molar-refractivity contribution in [3.05, 3.63) is 64.7 Å². The molecule has 0 bridgehead atoms. The van der Waals surface area contributed by atoms with Crippen molar-refractivity contribution < 1.29 is 19.1 Å². The van der Waals surface area contributed by atoms with E-state index in [-0.39, 0.29) is 17.8 Å². The van der Waals surface area contributed by atoms with Crippen LogP contribution in [0.5, 0.6) is 0 Å². The Labute approximate surface area is 274 Å². The second-order valence-electron chi connectivity index (χ2n) is 12.8. The number of halogens is 1. The molecular weight excluding hydrogens is 590 g/mol. The third kappa shape index (κ3) is 12.3. The highest BCUT2D eigenvalue weighted by Crippen LogP contribution is 2.21. The number of fused-ring (bicyclic) bond motifs is 1. The Balaban J connectivity index is 0.000000525. The van der Waals surface area contributed by atoms with E-state index in [9.17, 15) is 14.4 Å². The predicted octanol–water partition coefficient (Wildman–Crippen LogP) is 6.83. The highest BCUT2D eigenvalue weighted by molar-refractivity contribution is 6.31. The molecule has 0 radical (unpaired) electrons. The lowest BCUT2D eigenvalue weighted by atomic mass is 10.1. The first-order valence-corrected chi connectivity index (χ1v) is 16.8. The second-order valence-corrected chi connectivity index (χ2v) is 13.2. The van der Waals surface area contributed by atoms with Crippen LogP contribution in [-0.2, 0) is 29.0 Å². The van der Waals surface area contributed by atoms with Crippen molar-refractivity contribution in [1.29, 1.82) is 0 Å². The minimum Gasteiger partial charge on any atom is -0.444 e. The number of ether oxygens (including phenoxy) is 1. The zero-order chi connectivity index (χ0) is 32.8. The van der Waals surface area contributed by atoms with Crippen molar-refractivity contribution in [3.63, 3.8) is 0 Å². The fourth-order valence-corrected chi connectivity index (χ4v) is 5.90. The molecule has 2 aromatic rings. The van der Waals surface area contributed by atoms with Gasteiger partial charge in [-0.2, -0.15) is 0 Å². The lowest BCUT2D eigenvalue weighted by Gasteiger charge is -2.28. The standard InChI is InChI=1S/C27H43N5O4.C8H9Cl/c1-21(33)23-19-29-24-20-31(17-18-32(23)24)25(34)13-12-22-11-10-16-30(22)15-9-7-5-6-8-14-28-26(35)36-27(2,3)4;1-2-7-5-3-4-6-8(7)9/h12-13,19,22H,5-11,14-18,20H2,1-4H3,(H,28,35);3-6H,2H2,1H3/b13-12+;. The first kappa shape index (κ1) is 36.3. The van der Waals surface area contributed by atoms with Crippen LogP contribution in [0.4, 0.5) is 4.79 Å². The number of aryl methyl sites for hydroxylation is 1. The van der Waals surface area contributed by atoms with E-state index < -0.39 is 5.60 Å². The molecule has 45 heavy (non-hydrogen) atoms. The van der Waals surface area contributed by atoms with Crippen LogP contribution in [0.25, 0.3) is 0 Å². The van der Waals surface area contributed by atoms with E-state index in [1.54, 1.807) is 24.1 Å². The molecule has 1 atom stereocenters. The molecule has 2 amide bonds. The maximum atomic E-state index is 12.8. The fraction of sp³-hybridized carbons (Fsp3) is 0.600. The van der Waals surface area contributed by atoms with Gasteiger partial charge in [-0.1, -0.05) is 62.1 Å². The summed E-state index contributed by atoms with van der Waals surface area (Å²) in [5.41, 5.74) is 1.38. The number of benzene rings is 1. The number of ketones is 1. The number of nitrogens with zero attached hydrogens (tertiary/aromatic N) is 4. The van der Waals surface area contributed by atoms with Gasteiger partial charge in [0.1, 0.15) is 17.1 Å². The topological polar surface area (TPSA) is 96.8 Å². The Kier molecular flexibility index (Phi) is 14.6. The van der Waals surface area contributed by atoms with Crippen molar-refractivity contribution in [1.82, 2.24) is 24.7 Å². The molecule has 1 aromatic carbocycles. The number of alkyl carbamates (subject to hydrolysis) is 1. The molecule has 9 nitrogen and oxygen atoms in total. The Morgan fingerprint density at radius 3 is 2.49 bits per heavy atom. The lowest BCUT2D eigenvalue weighted by molar-refractivity contribution is -0.127. The summed E-state index contributed by atoms with van der Waals surface area (Å²) in [5, 5.41) is 3.69. The predicted molar refractivity (Wildman–Crippen MR) is 180 cm³/mol. The van der Waals surface area contributed by atoms with Crippen molar-refractivity contribution in [3.8, 4) is 0 Å². The summed E-state index contributed by atoms with van der Waals surface area (Å²) >= 11 is 5.82. The quantitative estimate of drug-likeness (QED) is 0.155. The summed E-state index contributed by atoms with van der Waals surface area (Å²) in [6.07, 6.45) is 13.8. The van der Waals surface area contributed by atoms with Gasteiger partial charge in [0, 0.05) is 43.7 Å². The average Bonchev–Trinajstić information content (AvgIpc) is 3.63. The van der Waals surface area contributed by atoms with E-state index in [4.69, 9.17) is 16.3 Å². The number of Topliss-reactive ketones (excluding diaryl/α,β-unsaturated/α-hetero) is 1. The number of hydrogen-bond acceptors (Lipinski definition) is 6. The van der Waals surface area contributed by atoms with Crippen LogP contribution in [0.3, 0.4) is 0 Å². The van der Waals surface area contributed by atoms with Crippen molar-refractivity contribution in [2.24, 2.45) is 0 Å². The molecule has 0 aliphatic carbocycles. The van der Waals surface area contributed by atoms with E-state index in [0.717, 1.165) is 68.9 Å². The normalized spacial score (nSPS) is 16.7. The molecule has 2 aliphatic rings. The second kappa shape index (κ2) is 18.1. The average molecular weight is 642 g/mol. The molecule has 1 N–H and O–H groups in total. The minimum absolute atomic E-state index is 0.00459. The lowest BCUT2D eigenvalue weighted by Crippen LogP contribution is -2.38. The van der Waals surface area contributed by atoms with Gasteiger partial charge >= 0.3 is 6.09 Å². The van der Waals surface area contributed by atoms with Crippen molar-refractivity contribution in [2.45, 2.75) is 111 Å². The number of hydrogen-bond donors (Lipinski definition) is 1. The molecule has 10 heteroatoms. The summed E-state index contributed by atoms with van der Waals surface area (Å²) < 4.78 is 7.16. The highest BCUT2D eigenvalue weighted by atomic mass is 35.5. The molecule has 1 aromatic heterocycles. The number of unbranched alkanes of at least 4 members (excludes halogenated alkanes) is 4. The summed E-state index contributed by atoms with van der Waals surface area (Å²) in [4.78, 5) is 44.8. The first-order valence-electron chi connectivity index (χ1n) is 16.4. The maximum Gasteiger partial charge on any atom is 0.407 e. The molecular formula is C35H52ClN5O4. The number of imidazole rings is 1. The number of aromatic nitrogens is 2. The van der Waals surface area contributed by atoms with Gasteiger partial charge in [-0.15, -0.1) is 0 Å². The van der Waals surface area contributed by atoms with Crippen LogP contribution in [0, 0.1) is 0 Å². The zero-order valence-corrected chi connectivity index (χ0v) is 28.6. The highest BCUT2D eigenvalue weighted by Gasteiger charge is 2.25. The smallest absolute Gasteiger partial charge is 0.407 e. The number of carbonyl (C=O) groups is 3. The van der Waals surface area contributed by atoms with E-state index in [2.05, 4.69) is 28.2 Å². The monoisotopic (exact) mass is 641 g/mol. The number of likely N-dealkylation sites (tertiary alicyclic amines) is 1. The summed E-state index contributed by atoms with van der Waals surface area (Å²) in [7, 11) is 0. The fourth-order valence-electron chi connectivity index (χ4n) is 5.64. The zero-order valence-electron chi connectivity index (χ0n) is 27.8. The van der Waals surface area contributed by atoms with Crippen LogP contribution < -0.4 is 5.32 Å². The van der Waals surface area contributed by atoms with Crippen LogP contribution in [-0.4, -0.2) is 75.0 Å². The van der Waals surface area contributed by atoms with Gasteiger partial charge < -0.3 is 19.5 Å². The number of carbonyl (C=O) groups excluding carboxylic acids is 3. The van der Waals surface area contributed by atoms with Gasteiger partial charge in [0.05, 0.1) is 12.7 Å². The Morgan fingerprint density at radius 2 is 1.80 bits per heavy atom. The van der Waals surface area contributed by atoms with Gasteiger partial charge in [-0.3, -0.25) is 14.5 Å². The van der Waals surface area contributed by atoms with E-state index in [1.165, 1.54) is 12.0 Å². The summed E-state index contributed by atoms with van der Waals surface area (Å²) in [5.74, 6) is 0.793. The minimum atomic E-state index is -0.459. The Hall–Kier alpha value is -3.17. The number of nitrogens with one attached hydrogen (secondary N) is 1. The van der Waals surface area contributed by atoms with Gasteiger partial charge in [0.15, 0.2) is 5.78 Å². The Morgan fingerprint density at radius 1 is 1.07 bits per heavy atom. The van der Waals surface area contributed by atoms with Crippen molar-refractivity contribution >= 4 is 29.4 Å². The van der Waals surface area contributed by atoms with Gasteiger partial charge in [0.25, 0.3) is 0 Å². The van der Waals surface area contributed by atoms with Gasteiger partial charge in [0.2, 0.25) is 5.91 Å².